The van der Waals surface area contributed by atoms with Gasteiger partial charge in [0, 0.05) is 18.0 Å². The molecule has 2 aliphatic rings. The van der Waals surface area contributed by atoms with Gasteiger partial charge in [0.15, 0.2) is 0 Å². The Labute approximate surface area is 213 Å². The molecule has 4 atom stereocenters. The Hall–Kier alpha value is -2.02. The van der Waals surface area contributed by atoms with Gasteiger partial charge in [-0.2, -0.15) is 0 Å². The van der Waals surface area contributed by atoms with Crippen LogP contribution in [0.3, 0.4) is 0 Å². The fraction of sp³-hybridized carbons (Fsp3) is 0.571. The van der Waals surface area contributed by atoms with E-state index in [0.29, 0.717) is 24.8 Å². The number of ketones is 1. The van der Waals surface area contributed by atoms with Crippen molar-refractivity contribution in [3.63, 3.8) is 0 Å². The minimum absolute atomic E-state index is 0.0567. The number of aliphatic hydroxyl groups is 1. The molecule has 1 amide bonds. The highest BCUT2D eigenvalue weighted by Gasteiger charge is 2.62. The summed E-state index contributed by atoms with van der Waals surface area (Å²) in [5.41, 5.74) is -1.23. The first-order valence-electron chi connectivity index (χ1n) is 12.2. The first kappa shape index (κ1) is 27.6. The lowest BCUT2D eigenvalue weighted by atomic mass is 9.60. The number of Topliss-reactive ketones (excluding diaryl/α,β-unsaturated/α-hetero) is 1. The van der Waals surface area contributed by atoms with Gasteiger partial charge in [-0.15, -0.1) is 0 Å². The smallest absolute Gasteiger partial charge is 0.238 e. The number of allylic oxidation sites excluding steroid dienone is 2. The zero-order valence-electron chi connectivity index (χ0n) is 21.5. The van der Waals surface area contributed by atoms with Crippen LogP contribution in [0.2, 0.25) is 5.02 Å². The van der Waals surface area contributed by atoms with E-state index in [1.165, 1.54) is 13.0 Å². The Bertz CT molecular complexity index is 1040. The molecular formula is C28H38ClFN2O3. The molecule has 192 valence electrons. The minimum Gasteiger partial charge on any atom is -0.390 e. The fourth-order valence-corrected chi connectivity index (χ4v) is 6.32. The minimum atomic E-state index is -1.19. The summed E-state index contributed by atoms with van der Waals surface area (Å²) >= 11 is 6.18. The van der Waals surface area contributed by atoms with Gasteiger partial charge >= 0.3 is 0 Å². The predicted molar refractivity (Wildman–Crippen MR) is 138 cm³/mol. The highest BCUT2D eigenvalue weighted by Crippen LogP contribution is 2.55. The van der Waals surface area contributed by atoms with E-state index in [2.05, 4.69) is 38.0 Å². The number of rotatable bonds is 7. The maximum absolute atomic E-state index is 15.6. The topological polar surface area (TPSA) is 78.4 Å². The number of carbonyl (C=O) groups is 2. The molecule has 3 rings (SSSR count). The second kappa shape index (κ2) is 9.79. The molecule has 1 aliphatic heterocycles. The second-order valence-electron chi connectivity index (χ2n) is 11.7. The molecule has 0 spiro atoms. The van der Waals surface area contributed by atoms with Crippen LogP contribution in [0, 0.1) is 16.6 Å². The largest absolute Gasteiger partial charge is 0.390 e. The molecule has 0 aromatic heterocycles. The average Bonchev–Trinajstić information content (AvgIpc) is 3.03. The number of nitrogens with one attached hydrogen (secondary N) is 2. The number of hydrogen-bond donors (Lipinski definition) is 3. The molecule has 1 aromatic carbocycles. The summed E-state index contributed by atoms with van der Waals surface area (Å²) in [6.07, 6.45) is 4.86. The zero-order valence-corrected chi connectivity index (χ0v) is 22.3. The van der Waals surface area contributed by atoms with E-state index in [0.717, 1.165) is 0 Å². The van der Waals surface area contributed by atoms with Gasteiger partial charge in [0.25, 0.3) is 0 Å². The van der Waals surface area contributed by atoms with Crippen LogP contribution >= 0.6 is 11.6 Å². The van der Waals surface area contributed by atoms with Crippen LogP contribution in [0.5, 0.6) is 0 Å². The van der Waals surface area contributed by atoms with Crippen LogP contribution < -0.4 is 10.6 Å². The van der Waals surface area contributed by atoms with Gasteiger partial charge in [-0.1, -0.05) is 68.8 Å². The van der Waals surface area contributed by atoms with Crippen molar-refractivity contribution in [3.8, 4) is 0 Å². The van der Waals surface area contributed by atoms with Crippen molar-refractivity contribution < 1.29 is 19.1 Å². The van der Waals surface area contributed by atoms with Gasteiger partial charge in [-0.3, -0.25) is 9.59 Å². The van der Waals surface area contributed by atoms with Crippen molar-refractivity contribution in [1.29, 1.82) is 0 Å². The summed E-state index contributed by atoms with van der Waals surface area (Å²) in [4.78, 5) is 27.3. The van der Waals surface area contributed by atoms with Crippen LogP contribution in [-0.4, -0.2) is 40.5 Å². The van der Waals surface area contributed by atoms with E-state index in [1.807, 2.05) is 6.92 Å². The maximum Gasteiger partial charge on any atom is 0.238 e. The molecule has 1 heterocycles. The third-order valence-electron chi connectivity index (χ3n) is 7.49. The second-order valence-corrected chi connectivity index (χ2v) is 12.1. The van der Waals surface area contributed by atoms with Crippen molar-refractivity contribution in [2.75, 3.05) is 0 Å². The third kappa shape index (κ3) is 5.25. The lowest BCUT2D eigenvalue weighted by Gasteiger charge is -2.42. The molecule has 7 heteroatoms. The van der Waals surface area contributed by atoms with E-state index in [-0.39, 0.29) is 33.7 Å². The van der Waals surface area contributed by atoms with E-state index >= 15 is 4.39 Å². The number of amides is 1. The van der Waals surface area contributed by atoms with E-state index in [1.54, 1.807) is 31.2 Å². The van der Waals surface area contributed by atoms with Crippen LogP contribution in [-0.2, 0) is 9.59 Å². The summed E-state index contributed by atoms with van der Waals surface area (Å²) in [7, 11) is 0. The van der Waals surface area contributed by atoms with Crippen LogP contribution in [0.1, 0.15) is 72.3 Å². The summed E-state index contributed by atoms with van der Waals surface area (Å²) in [6.45, 7) is 15.1. The van der Waals surface area contributed by atoms with Crippen molar-refractivity contribution >= 4 is 23.3 Å². The van der Waals surface area contributed by atoms with Gasteiger partial charge in [-0.05, 0) is 57.1 Å². The first-order chi connectivity index (χ1) is 16.1. The number of carbonyl (C=O) groups excluding carboxylic acids is 2. The van der Waals surface area contributed by atoms with Gasteiger partial charge in [-0.25, -0.2) is 4.39 Å². The van der Waals surface area contributed by atoms with E-state index < -0.39 is 34.8 Å². The Balaban J connectivity index is 2.21. The molecular weight excluding hydrogens is 467 g/mol. The summed E-state index contributed by atoms with van der Waals surface area (Å²) in [6, 6.07) is 3.23. The van der Waals surface area contributed by atoms with Crippen molar-refractivity contribution in [3.05, 3.63) is 58.9 Å². The number of benzene rings is 1. The fourth-order valence-electron chi connectivity index (χ4n) is 6.14. The summed E-state index contributed by atoms with van der Waals surface area (Å²) in [5, 5.41) is 16.5. The predicted octanol–water partition coefficient (Wildman–Crippen LogP) is 5.08. The van der Waals surface area contributed by atoms with Crippen molar-refractivity contribution in [2.45, 2.75) is 90.4 Å². The SMILES string of the molecule is C=C/C=C(\C)[C@@]1(C(C)=O)[C@H](CC(C)(C)C)N[C@@H](C(=O)NC2CC(C)(O)C2)[C@@H]1c1cccc(Cl)c1F. The Kier molecular flexibility index (Phi) is 7.71. The van der Waals surface area contributed by atoms with E-state index in [9.17, 15) is 14.7 Å². The molecule has 2 fully saturated rings. The van der Waals surface area contributed by atoms with Crippen molar-refractivity contribution in [1.82, 2.24) is 10.6 Å². The maximum atomic E-state index is 15.6. The third-order valence-corrected chi connectivity index (χ3v) is 7.78. The quantitative estimate of drug-likeness (QED) is 0.453. The number of halogens is 2. The normalized spacial score (nSPS) is 33.2. The van der Waals surface area contributed by atoms with Gasteiger partial charge in [0.1, 0.15) is 11.6 Å². The molecule has 3 N–H and O–H groups in total. The average molecular weight is 505 g/mol. The van der Waals surface area contributed by atoms with Crippen LogP contribution in [0.4, 0.5) is 4.39 Å². The van der Waals surface area contributed by atoms with Crippen LogP contribution in [0.15, 0.2) is 42.5 Å². The lowest BCUT2D eigenvalue weighted by molar-refractivity contribution is -0.128. The molecule has 0 radical (unpaired) electrons. The first-order valence-corrected chi connectivity index (χ1v) is 12.6. The van der Waals surface area contributed by atoms with Gasteiger partial charge in [0.05, 0.1) is 22.1 Å². The molecule has 35 heavy (non-hydrogen) atoms. The molecule has 5 nitrogen and oxygen atoms in total. The molecule has 1 saturated heterocycles. The highest BCUT2D eigenvalue weighted by atomic mass is 35.5. The molecule has 1 saturated carbocycles. The Morgan fingerprint density at radius 2 is 1.94 bits per heavy atom. The summed E-state index contributed by atoms with van der Waals surface area (Å²) < 4.78 is 15.6. The molecule has 0 bridgehead atoms. The van der Waals surface area contributed by atoms with E-state index in [4.69, 9.17) is 11.6 Å². The zero-order chi connectivity index (χ0) is 26.3. The molecule has 1 aliphatic carbocycles. The van der Waals surface area contributed by atoms with Gasteiger partial charge in [0.2, 0.25) is 5.91 Å². The Morgan fingerprint density at radius 1 is 1.31 bits per heavy atom. The van der Waals surface area contributed by atoms with Crippen molar-refractivity contribution in [2.24, 2.45) is 10.8 Å². The standard InChI is InChI=1S/C28H38ClFN2O3/c1-8-10-16(2)28(17(3)33)21(15-26(4,5)6)32-24(25(34)31-18-13-27(7,35)14-18)22(28)19-11-9-12-20(29)23(19)30/h8-12,18,21-22,24,32,35H,1,13-15H2,2-7H3,(H,31,34)/b16-10+/t18?,21-,22-,24+,27?,28+/m0/s1. The lowest BCUT2D eigenvalue weighted by Crippen LogP contribution is -2.57. The molecule has 0 unspecified atom stereocenters. The van der Waals surface area contributed by atoms with Crippen LogP contribution in [0.25, 0.3) is 0 Å². The monoisotopic (exact) mass is 504 g/mol. The van der Waals surface area contributed by atoms with Gasteiger partial charge < -0.3 is 15.7 Å². The molecule has 1 aromatic rings. The summed E-state index contributed by atoms with van der Waals surface area (Å²) in [5.74, 6) is -1.92. The highest BCUT2D eigenvalue weighted by molar-refractivity contribution is 6.30. The Morgan fingerprint density at radius 3 is 2.46 bits per heavy atom. The number of hydrogen-bond acceptors (Lipinski definition) is 4.